The lowest BCUT2D eigenvalue weighted by Gasteiger charge is -2.29. The van der Waals surface area contributed by atoms with E-state index in [2.05, 4.69) is 0 Å². The number of hydrogen-bond acceptors (Lipinski definition) is 3. The third kappa shape index (κ3) is 2.50. The topological polar surface area (TPSA) is 79.6 Å². The molecule has 1 N–H and O–H groups in total. The summed E-state index contributed by atoms with van der Waals surface area (Å²) in [5.74, 6) is -1.29. The number of sulfonamides is 1. The molecule has 0 bridgehead atoms. The van der Waals surface area contributed by atoms with Crippen molar-refractivity contribution < 1.29 is 18.3 Å². The number of piperidine rings is 1. The molecule has 1 aromatic heterocycles. The summed E-state index contributed by atoms with van der Waals surface area (Å²) in [4.78, 5) is 11.2. The van der Waals surface area contributed by atoms with Crippen molar-refractivity contribution in [2.75, 3.05) is 13.1 Å². The maximum atomic E-state index is 12.7. The second-order valence-corrected chi connectivity index (χ2v) is 7.60. The van der Waals surface area contributed by atoms with Gasteiger partial charge in [0.2, 0.25) is 10.0 Å². The monoisotopic (exact) mass is 322 g/mol. The Morgan fingerprint density at radius 2 is 1.91 bits per heavy atom. The maximum Gasteiger partial charge on any atom is 0.306 e. The van der Waals surface area contributed by atoms with E-state index in [1.54, 1.807) is 18.2 Å². The van der Waals surface area contributed by atoms with Crippen LogP contribution in [0, 0.1) is 5.92 Å². The Bertz CT molecular complexity index is 817. The molecule has 3 rings (SSSR count). The van der Waals surface area contributed by atoms with Crippen molar-refractivity contribution in [2.45, 2.75) is 17.7 Å². The van der Waals surface area contributed by atoms with Gasteiger partial charge in [0, 0.05) is 37.2 Å². The Morgan fingerprint density at radius 1 is 1.23 bits per heavy atom. The first-order valence-electron chi connectivity index (χ1n) is 7.17. The van der Waals surface area contributed by atoms with E-state index < -0.39 is 21.9 Å². The lowest BCUT2D eigenvalue weighted by molar-refractivity contribution is -0.142. The van der Waals surface area contributed by atoms with Gasteiger partial charge in [0.25, 0.3) is 0 Å². The summed E-state index contributed by atoms with van der Waals surface area (Å²) in [7, 11) is -1.65. The minimum absolute atomic E-state index is 0.256. The summed E-state index contributed by atoms with van der Waals surface area (Å²) >= 11 is 0. The zero-order valence-electron chi connectivity index (χ0n) is 12.3. The third-order valence-corrected chi connectivity index (χ3v) is 6.19. The SMILES string of the molecule is Cn1ccc2cc(S(=O)(=O)N3CCC(C(=O)O)CC3)ccc21. The predicted molar refractivity (Wildman–Crippen MR) is 82.0 cm³/mol. The van der Waals surface area contributed by atoms with Gasteiger partial charge in [-0.15, -0.1) is 0 Å². The fourth-order valence-electron chi connectivity index (χ4n) is 2.91. The van der Waals surface area contributed by atoms with Crippen LogP contribution >= 0.6 is 0 Å². The number of carboxylic acids is 1. The number of carbonyl (C=O) groups is 1. The molecule has 22 heavy (non-hydrogen) atoms. The molecule has 1 fully saturated rings. The number of fused-ring (bicyclic) bond motifs is 1. The summed E-state index contributed by atoms with van der Waals surface area (Å²) in [5, 5.41) is 9.87. The fourth-order valence-corrected chi connectivity index (χ4v) is 4.42. The number of benzene rings is 1. The van der Waals surface area contributed by atoms with Crippen molar-refractivity contribution in [1.29, 1.82) is 0 Å². The van der Waals surface area contributed by atoms with Crippen LogP contribution in [0.3, 0.4) is 0 Å². The minimum atomic E-state index is -3.56. The van der Waals surface area contributed by atoms with Crippen LogP contribution in [0.2, 0.25) is 0 Å². The van der Waals surface area contributed by atoms with Crippen LogP contribution in [0.25, 0.3) is 10.9 Å². The second-order valence-electron chi connectivity index (χ2n) is 5.66. The number of hydrogen-bond donors (Lipinski definition) is 1. The molecular weight excluding hydrogens is 304 g/mol. The van der Waals surface area contributed by atoms with Crippen molar-refractivity contribution in [3.63, 3.8) is 0 Å². The van der Waals surface area contributed by atoms with Crippen LogP contribution in [0.15, 0.2) is 35.4 Å². The Hall–Kier alpha value is -1.86. The van der Waals surface area contributed by atoms with Crippen molar-refractivity contribution in [1.82, 2.24) is 8.87 Å². The van der Waals surface area contributed by atoms with Gasteiger partial charge in [0.15, 0.2) is 0 Å². The Balaban J connectivity index is 1.87. The normalized spacial score (nSPS) is 17.9. The summed E-state index contributed by atoms with van der Waals surface area (Å²) in [6, 6.07) is 6.96. The molecule has 0 aliphatic carbocycles. The molecule has 0 saturated carbocycles. The Kier molecular flexibility index (Phi) is 3.70. The Labute approximate surface area is 129 Å². The summed E-state index contributed by atoms with van der Waals surface area (Å²) in [5.41, 5.74) is 0.975. The van der Waals surface area contributed by atoms with Gasteiger partial charge in [-0.2, -0.15) is 4.31 Å². The highest BCUT2D eigenvalue weighted by atomic mass is 32.2. The molecule has 2 aromatic rings. The molecule has 6 nitrogen and oxygen atoms in total. The van der Waals surface area contributed by atoms with Crippen molar-refractivity contribution in [2.24, 2.45) is 13.0 Å². The van der Waals surface area contributed by atoms with Gasteiger partial charge in [0.1, 0.15) is 0 Å². The van der Waals surface area contributed by atoms with E-state index >= 15 is 0 Å². The fraction of sp³-hybridized carbons (Fsp3) is 0.400. The van der Waals surface area contributed by atoms with Crippen molar-refractivity contribution >= 4 is 26.9 Å². The van der Waals surface area contributed by atoms with Gasteiger partial charge >= 0.3 is 5.97 Å². The molecule has 0 radical (unpaired) electrons. The van der Waals surface area contributed by atoms with Crippen LogP contribution in [-0.2, 0) is 21.9 Å². The number of aryl methyl sites for hydroxylation is 1. The van der Waals surface area contributed by atoms with E-state index in [9.17, 15) is 13.2 Å². The number of carboxylic acid groups (broad SMARTS) is 1. The van der Waals surface area contributed by atoms with Gasteiger partial charge in [-0.3, -0.25) is 4.79 Å². The minimum Gasteiger partial charge on any atom is -0.481 e. The van der Waals surface area contributed by atoms with Crippen molar-refractivity contribution in [3.8, 4) is 0 Å². The van der Waals surface area contributed by atoms with E-state index in [1.165, 1.54) is 4.31 Å². The van der Waals surface area contributed by atoms with Gasteiger partial charge in [0.05, 0.1) is 10.8 Å². The van der Waals surface area contributed by atoms with Crippen LogP contribution in [0.4, 0.5) is 0 Å². The third-order valence-electron chi connectivity index (χ3n) is 4.30. The van der Waals surface area contributed by atoms with Gasteiger partial charge in [-0.05, 0) is 37.1 Å². The highest BCUT2D eigenvalue weighted by molar-refractivity contribution is 7.89. The molecule has 1 aliphatic heterocycles. The Morgan fingerprint density at radius 3 is 2.55 bits per heavy atom. The zero-order chi connectivity index (χ0) is 15.9. The first-order chi connectivity index (χ1) is 10.4. The molecular formula is C15H18N2O4S. The molecule has 0 spiro atoms. The molecule has 2 heterocycles. The maximum absolute atomic E-state index is 12.7. The lowest BCUT2D eigenvalue weighted by atomic mass is 9.99. The zero-order valence-corrected chi connectivity index (χ0v) is 13.1. The molecule has 0 amide bonds. The van der Waals surface area contributed by atoms with Gasteiger partial charge < -0.3 is 9.67 Å². The standard InChI is InChI=1S/C15H18N2O4S/c1-16-7-4-12-10-13(2-3-14(12)16)22(20,21)17-8-5-11(6-9-17)15(18)19/h2-4,7,10-11H,5-6,8-9H2,1H3,(H,18,19). The van der Waals surface area contributed by atoms with E-state index in [-0.39, 0.29) is 18.0 Å². The summed E-state index contributed by atoms with van der Waals surface area (Å²) < 4.78 is 28.7. The van der Waals surface area contributed by atoms with E-state index in [0.717, 1.165) is 10.9 Å². The number of aromatic nitrogens is 1. The van der Waals surface area contributed by atoms with Crippen LogP contribution < -0.4 is 0 Å². The molecule has 1 saturated heterocycles. The van der Waals surface area contributed by atoms with Crippen LogP contribution in [0.5, 0.6) is 0 Å². The first kappa shape index (κ1) is 15.1. The second kappa shape index (κ2) is 5.40. The quantitative estimate of drug-likeness (QED) is 0.932. The molecule has 0 unspecified atom stereocenters. The van der Waals surface area contributed by atoms with Gasteiger partial charge in [-0.25, -0.2) is 8.42 Å². The predicted octanol–water partition coefficient (Wildman–Crippen LogP) is 1.66. The highest BCUT2D eigenvalue weighted by Crippen LogP contribution is 2.26. The number of aliphatic carboxylic acids is 1. The first-order valence-corrected chi connectivity index (χ1v) is 8.61. The summed E-state index contributed by atoms with van der Waals surface area (Å²) in [6.07, 6.45) is 2.61. The average molecular weight is 322 g/mol. The van der Waals surface area contributed by atoms with Crippen LogP contribution in [0.1, 0.15) is 12.8 Å². The lowest BCUT2D eigenvalue weighted by Crippen LogP contribution is -2.40. The molecule has 7 heteroatoms. The van der Waals surface area contributed by atoms with E-state index in [0.29, 0.717) is 12.8 Å². The van der Waals surface area contributed by atoms with Crippen molar-refractivity contribution in [3.05, 3.63) is 30.5 Å². The molecule has 1 aromatic carbocycles. The molecule has 1 aliphatic rings. The smallest absolute Gasteiger partial charge is 0.306 e. The van der Waals surface area contributed by atoms with E-state index in [4.69, 9.17) is 5.11 Å². The molecule has 0 atom stereocenters. The number of rotatable bonds is 3. The molecule has 118 valence electrons. The number of nitrogens with zero attached hydrogens (tertiary/aromatic N) is 2. The largest absolute Gasteiger partial charge is 0.481 e. The average Bonchev–Trinajstić information content (AvgIpc) is 2.88. The van der Waals surface area contributed by atoms with Gasteiger partial charge in [-0.1, -0.05) is 0 Å². The van der Waals surface area contributed by atoms with E-state index in [1.807, 2.05) is 23.9 Å². The van der Waals surface area contributed by atoms with Crippen LogP contribution in [-0.4, -0.2) is 41.5 Å². The highest BCUT2D eigenvalue weighted by Gasteiger charge is 2.32. The summed E-state index contributed by atoms with van der Waals surface area (Å²) in [6.45, 7) is 0.512.